The molecule has 3 rings (SSSR count). The van der Waals surface area contributed by atoms with E-state index in [0.717, 1.165) is 5.56 Å². The van der Waals surface area contributed by atoms with E-state index in [-0.39, 0.29) is 28.5 Å². The van der Waals surface area contributed by atoms with Gasteiger partial charge in [0.05, 0.1) is 16.1 Å². The molecule has 0 aliphatic rings. The van der Waals surface area contributed by atoms with E-state index >= 15 is 0 Å². The van der Waals surface area contributed by atoms with Crippen LogP contribution in [0.3, 0.4) is 0 Å². The highest BCUT2D eigenvalue weighted by Crippen LogP contribution is 2.38. The van der Waals surface area contributed by atoms with Gasteiger partial charge in [0, 0.05) is 3.57 Å². The molecule has 31 heavy (non-hydrogen) atoms. The Kier molecular flexibility index (Phi) is 6.46. The van der Waals surface area contributed by atoms with Crippen molar-refractivity contribution in [2.24, 2.45) is 0 Å². The molecule has 0 heterocycles. The van der Waals surface area contributed by atoms with Crippen molar-refractivity contribution in [3.05, 3.63) is 80.9 Å². The molecule has 0 unspecified atom stereocenters. The molecular weight excluding hydrogens is 556 g/mol. The lowest BCUT2D eigenvalue weighted by atomic mass is 10.2. The molecule has 164 valence electrons. The molecule has 0 saturated carbocycles. The van der Waals surface area contributed by atoms with Crippen molar-refractivity contribution in [1.29, 1.82) is 0 Å². The number of ether oxygens (including phenoxy) is 1. The van der Waals surface area contributed by atoms with Crippen molar-refractivity contribution in [3.8, 4) is 11.5 Å². The van der Waals surface area contributed by atoms with Gasteiger partial charge in [0.1, 0.15) is 0 Å². The lowest BCUT2D eigenvalue weighted by molar-refractivity contribution is -0.138. The van der Waals surface area contributed by atoms with Crippen LogP contribution in [0.2, 0.25) is 0 Å². The van der Waals surface area contributed by atoms with Gasteiger partial charge >= 0.3 is 6.18 Å². The summed E-state index contributed by atoms with van der Waals surface area (Å²) in [5.74, 6) is -4.56. The summed E-state index contributed by atoms with van der Waals surface area (Å²) in [4.78, 5) is -0.0604. The van der Waals surface area contributed by atoms with Crippen LogP contribution in [0.25, 0.3) is 0 Å². The van der Waals surface area contributed by atoms with Gasteiger partial charge in [-0.3, -0.25) is 4.72 Å². The van der Waals surface area contributed by atoms with Crippen molar-refractivity contribution < 1.29 is 35.1 Å². The fourth-order valence-electron chi connectivity index (χ4n) is 2.52. The summed E-state index contributed by atoms with van der Waals surface area (Å²) in [5.41, 5.74) is -0.825. The number of hydrogen-bond donors (Lipinski definition) is 1. The molecular formula is C20H13F5INO3S. The highest BCUT2D eigenvalue weighted by atomic mass is 127. The zero-order valence-corrected chi connectivity index (χ0v) is 18.6. The first kappa shape index (κ1) is 23.3. The first-order chi connectivity index (χ1) is 14.4. The zero-order chi connectivity index (χ0) is 23.0. The quantitative estimate of drug-likeness (QED) is 0.283. The van der Waals surface area contributed by atoms with Crippen LogP contribution in [0, 0.1) is 22.1 Å². The second kappa shape index (κ2) is 8.61. The average Bonchev–Trinajstić information content (AvgIpc) is 2.65. The van der Waals surface area contributed by atoms with Gasteiger partial charge in [-0.1, -0.05) is 17.7 Å². The van der Waals surface area contributed by atoms with Gasteiger partial charge in [-0.15, -0.1) is 0 Å². The van der Waals surface area contributed by atoms with Gasteiger partial charge in [-0.25, -0.2) is 17.2 Å². The average molecular weight is 569 g/mol. The van der Waals surface area contributed by atoms with Crippen LogP contribution >= 0.6 is 22.6 Å². The summed E-state index contributed by atoms with van der Waals surface area (Å²) >= 11 is 1.89. The normalized spacial score (nSPS) is 12.0. The molecule has 0 amide bonds. The van der Waals surface area contributed by atoms with Crippen molar-refractivity contribution in [2.45, 2.75) is 18.0 Å². The summed E-state index contributed by atoms with van der Waals surface area (Å²) in [6, 6.07) is 10.2. The van der Waals surface area contributed by atoms with E-state index in [2.05, 4.69) is 4.72 Å². The van der Waals surface area contributed by atoms with Gasteiger partial charge < -0.3 is 4.74 Å². The molecule has 0 radical (unpaired) electrons. The summed E-state index contributed by atoms with van der Waals surface area (Å²) < 4.78 is 99.9. The van der Waals surface area contributed by atoms with E-state index in [4.69, 9.17) is 4.74 Å². The third-order valence-corrected chi connectivity index (χ3v) is 6.11. The molecule has 0 spiro atoms. The molecule has 1 N–H and O–H groups in total. The van der Waals surface area contributed by atoms with Crippen LogP contribution in [0.5, 0.6) is 11.5 Å². The molecule has 3 aromatic rings. The molecule has 4 nitrogen and oxygen atoms in total. The third kappa shape index (κ3) is 5.45. The van der Waals surface area contributed by atoms with E-state index in [9.17, 15) is 30.4 Å². The molecule has 0 bridgehead atoms. The van der Waals surface area contributed by atoms with E-state index in [1.807, 2.05) is 22.6 Å². The van der Waals surface area contributed by atoms with Crippen molar-refractivity contribution >= 4 is 38.3 Å². The van der Waals surface area contributed by atoms with Crippen molar-refractivity contribution in [1.82, 2.24) is 0 Å². The molecule has 0 atom stereocenters. The minimum absolute atomic E-state index is 0.0604. The van der Waals surface area contributed by atoms with Crippen molar-refractivity contribution in [3.63, 3.8) is 0 Å². The van der Waals surface area contributed by atoms with Gasteiger partial charge in [-0.2, -0.15) is 13.2 Å². The first-order valence-corrected chi connectivity index (χ1v) is 11.1. The fourth-order valence-corrected chi connectivity index (χ4v) is 4.08. The number of sulfonamides is 1. The van der Waals surface area contributed by atoms with Gasteiger partial charge in [0.25, 0.3) is 10.0 Å². The van der Waals surface area contributed by atoms with Crippen LogP contribution in [0.4, 0.5) is 27.6 Å². The SMILES string of the molecule is Cc1ccc(S(=O)(=O)Nc2cc(I)ccc2Oc2c(F)cc(C(F)(F)F)cc2F)cc1. The predicted molar refractivity (Wildman–Crippen MR) is 113 cm³/mol. The lowest BCUT2D eigenvalue weighted by Crippen LogP contribution is -2.14. The minimum atomic E-state index is -4.95. The Labute approximate surface area is 188 Å². The number of halogens is 6. The first-order valence-electron chi connectivity index (χ1n) is 8.50. The molecule has 3 aromatic carbocycles. The Bertz CT molecular complexity index is 1210. The number of alkyl halides is 3. The van der Waals surface area contributed by atoms with E-state index < -0.39 is 39.1 Å². The lowest BCUT2D eigenvalue weighted by Gasteiger charge is -2.16. The molecule has 0 aromatic heterocycles. The highest BCUT2D eigenvalue weighted by Gasteiger charge is 2.33. The smallest absolute Gasteiger partial charge is 0.416 e. The maximum absolute atomic E-state index is 14.2. The number of anilines is 1. The van der Waals surface area contributed by atoms with Crippen LogP contribution in [-0.2, 0) is 16.2 Å². The summed E-state index contributed by atoms with van der Waals surface area (Å²) in [7, 11) is -4.08. The molecule has 0 fully saturated rings. The molecule has 11 heteroatoms. The highest BCUT2D eigenvalue weighted by molar-refractivity contribution is 14.1. The predicted octanol–water partition coefficient (Wildman–Crippen LogP) is 6.49. The Morgan fingerprint density at radius 2 is 1.52 bits per heavy atom. The number of hydrogen-bond acceptors (Lipinski definition) is 3. The maximum atomic E-state index is 14.2. The Balaban J connectivity index is 1.99. The minimum Gasteiger partial charge on any atom is -0.449 e. The topological polar surface area (TPSA) is 55.4 Å². The van der Waals surface area contributed by atoms with E-state index in [1.54, 1.807) is 19.1 Å². The van der Waals surface area contributed by atoms with Crippen LogP contribution < -0.4 is 9.46 Å². The molecule has 0 aliphatic heterocycles. The second-order valence-electron chi connectivity index (χ2n) is 6.43. The Hall–Kier alpha value is -2.41. The second-order valence-corrected chi connectivity index (χ2v) is 9.36. The monoisotopic (exact) mass is 569 g/mol. The maximum Gasteiger partial charge on any atom is 0.416 e. The van der Waals surface area contributed by atoms with E-state index in [0.29, 0.717) is 3.57 Å². The fraction of sp³-hybridized carbons (Fsp3) is 0.100. The Morgan fingerprint density at radius 3 is 2.06 bits per heavy atom. The number of benzene rings is 3. The Morgan fingerprint density at radius 1 is 0.935 bits per heavy atom. The van der Waals surface area contributed by atoms with Gasteiger partial charge in [-0.05, 0) is 72.0 Å². The standard InChI is InChI=1S/C20H13F5INO3S/c1-11-2-5-14(6-3-11)31(28,29)27-17-10-13(26)4-7-18(17)30-19-15(21)8-12(9-16(19)22)20(23,24)25/h2-10,27H,1H3. The van der Waals surface area contributed by atoms with Crippen molar-refractivity contribution in [2.75, 3.05) is 4.72 Å². The van der Waals surface area contributed by atoms with E-state index in [1.165, 1.54) is 30.3 Å². The molecule has 0 saturated heterocycles. The summed E-state index contributed by atoms with van der Waals surface area (Å²) in [6.45, 7) is 1.78. The van der Waals surface area contributed by atoms with Crippen LogP contribution in [-0.4, -0.2) is 8.42 Å². The number of aryl methyl sites for hydroxylation is 1. The van der Waals surface area contributed by atoms with Crippen LogP contribution in [0.1, 0.15) is 11.1 Å². The van der Waals surface area contributed by atoms with Gasteiger partial charge in [0.15, 0.2) is 23.1 Å². The zero-order valence-electron chi connectivity index (χ0n) is 15.6. The summed E-state index contributed by atoms with van der Waals surface area (Å²) in [5, 5.41) is 0. The summed E-state index contributed by atoms with van der Waals surface area (Å²) in [6.07, 6.45) is -4.95. The number of rotatable bonds is 5. The van der Waals surface area contributed by atoms with Crippen LogP contribution in [0.15, 0.2) is 59.5 Å². The van der Waals surface area contributed by atoms with Gasteiger partial charge in [0.2, 0.25) is 0 Å². The largest absolute Gasteiger partial charge is 0.449 e. The number of nitrogens with one attached hydrogen (secondary N) is 1. The third-order valence-electron chi connectivity index (χ3n) is 4.05. The molecule has 0 aliphatic carbocycles.